The van der Waals surface area contributed by atoms with Crippen molar-refractivity contribution >= 4 is 11.2 Å². The molecule has 0 saturated heterocycles. The number of aromatic nitrogens is 6. The predicted molar refractivity (Wildman–Crippen MR) is 127 cm³/mol. The summed E-state index contributed by atoms with van der Waals surface area (Å²) in [6.45, 7) is 5.97. The first-order chi connectivity index (χ1) is 16.4. The molecule has 0 unspecified atom stereocenters. The van der Waals surface area contributed by atoms with E-state index < -0.39 is 0 Å². The van der Waals surface area contributed by atoms with Crippen molar-refractivity contribution in [2.75, 3.05) is 0 Å². The van der Waals surface area contributed by atoms with Crippen LogP contribution in [-0.4, -0.2) is 29.5 Å². The van der Waals surface area contributed by atoms with E-state index in [-0.39, 0.29) is 29.9 Å². The molecule has 0 aromatic carbocycles. The summed E-state index contributed by atoms with van der Waals surface area (Å²) in [7, 11) is 0. The third-order valence-corrected chi connectivity index (χ3v) is 6.97. The van der Waals surface area contributed by atoms with Crippen molar-refractivity contribution in [1.82, 2.24) is 29.5 Å². The van der Waals surface area contributed by atoms with Crippen molar-refractivity contribution in [3.05, 3.63) is 87.0 Å². The lowest BCUT2D eigenvalue weighted by Gasteiger charge is -2.30. The lowest BCUT2D eigenvalue weighted by Crippen LogP contribution is -2.29. The maximum absolute atomic E-state index is 14.4. The third kappa shape index (κ3) is 4.08. The van der Waals surface area contributed by atoms with E-state index in [1.54, 1.807) is 23.2 Å². The molecule has 0 bridgehead atoms. The highest BCUT2D eigenvalue weighted by atomic mass is 19.1. The zero-order valence-corrected chi connectivity index (χ0v) is 19.6. The maximum atomic E-state index is 14.4. The molecule has 0 spiro atoms. The number of nitrogens with zero attached hydrogens (tertiary/aromatic N) is 6. The SMILES string of the molecule is Cc1cnc2cc([C@H]3CC[C@@H](c4c(C)ccnc4F)CC3)c(=O)n(Cc3nccnc3C)c2n1. The molecule has 0 radical (unpaired) electrons. The maximum Gasteiger partial charge on any atom is 0.256 e. The number of hydrogen-bond acceptors (Lipinski definition) is 6. The summed E-state index contributed by atoms with van der Waals surface area (Å²) >= 11 is 0. The van der Waals surface area contributed by atoms with Gasteiger partial charge in [-0.3, -0.25) is 24.3 Å². The van der Waals surface area contributed by atoms with Crippen LogP contribution in [-0.2, 0) is 6.54 Å². The van der Waals surface area contributed by atoms with Gasteiger partial charge in [0.05, 0.1) is 23.6 Å². The third-order valence-electron chi connectivity index (χ3n) is 6.97. The molecular formula is C26H27FN6O. The molecule has 174 valence electrons. The van der Waals surface area contributed by atoms with Crippen molar-refractivity contribution in [2.45, 2.75) is 64.8 Å². The van der Waals surface area contributed by atoms with E-state index >= 15 is 0 Å². The molecular weight excluding hydrogens is 431 g/mol. The summed E-state index contributed by atoms with van der Waals surface area (Å²) in [6, 6.07) is 3.76. The zero-order valence-electron chi connectivity index (χ0n) is 19.6. The van der Waals surface area contributed by atoms with Crippen LogP contribution < -0.4 is 5.56 Å². The van der Waals surface area contributed by atoms with Gasteiger partial charge in [-0.05, 0) is 76.0 Å². The Balaban J connectivity index is 1.51. The zero-order chi connectivity index (χ0) is 23.8. The standard InChI is InChI=1S/C26H27FN6O/c1-15-8-9-30-24(27)23(15)19-6-4-18(5-7-19)20-12-21-25(32-16(2)13-31-21)33(26(20)34)14-22-17(3)28-10-11-29-22/h8-13,18-19H,4-7,14H2,1-3H3/t18-,19+. The Bertz CT molecular complexity index is 1400. The largest absolute Gasteiger partial charge is 0.285 e. The first-order valence-corrected chi connectivity index (χ1v) is 11.7. The van der Waals surface area contributed by atoms with Crippen LogP contribution in [0.15, 0.2) is 41.7 Å². The molecule has 1 aliphatic carbocycles. The van der Waals surface area contributed by atoms with Gasteiger partial charge in [0.1, 0.15) is 5.52 Å². The molecule has 1 saturated carbocycles. The van der Waals surface area contributed by atoms with Crippen LogP contribution in [0.3, 0.4) is 0 Å². The summed E-state index contributed by atoms with van der Waals surface area (Å²) in [5.41, 5.74) is 5.85. The Morgan fingerprint density at radius 1 is 0.971 bits per heavy atom. The minimum Gasteiger partial charge on any atom is -0.285 e. The highest BCUT2D eigenvalue weighted by Crippen LogP contribution is 2.41. The second-order valence-electron chi connectivity index (χ2n) is 9.18. The summed E-state index contributed by atoms with van der Waals surface area (Å²) in [5.74, 6) is -0.163. The van der Waals surface area contributed by atoms with Crippen LogP contribution in [0, 0.1) is 26.7 Å². The number of halogens is 1. The second kappa shape index (κ2) is 9.00. The minimum absolute atomic E-state index is 0.0651. The molecule has 4 aromatic heterocycles. The van der Waals surface area contributed by atoms with Gasteiger partial charge in [-0.25, -0.2) is 9.97 Å². The van der Waals surface area contributed by atoms with Gasteiger partial charge in [0.15, 0.2) is 5.65 Å². The van der Waals surface area contributed by atoms with Crippen LogP contribution in [0.4, 0.5) is 4.39 Å². The first kappa shape index (κ1) is 22.3. The number of rotatable bonds is 4. The van der Waals surface area contributed by atoms with E-state index in [0.717, 1.165) is 59.5 Å². The first-order valence-electron chi connectivity index (χ1n) is 11.7. The summed E-state index contributed by atoms with van der Waals surface area (Å²) in [4.78, 5) is 35.6. The van der Waals surface area contributed by atoms with Crippen LogP contribution in [0.2, 0.25) is 0 Å². The lowest BCUT2D eigenvalue weighted by atomic mass is 9.75. The second-order valence-corrected chi connectivity index (χ2v) is 9.18. The van der Waals surface area contributed by atoms with Gasteiger partial charge in [0.25, 0.3) is 5.56 Å². The summed E-state index contributed by atoms with van der Waals surface area (Å²) in [5, 5.41) is 0. The molecule has 1 aliphatic rings. The van der Waals surface area contributed by atoms with Crippen molar-refractivity contribution in [3.8, 4) is 0 Å². The van der Waals surface area contributed by atoms with E-state index in [2.05, 4.69) is 24.9 Å². The Hall–Kier alpha value is -3.55. The molecule has 1 fully saturated rings. The molecule has 0 aliphatic heterocycles. The van der Waals surface area contributed by atoms with Crippen molar-refractivity contribution in [2.24, 2.45) is 0 Å². The molecule has 7 nitrogen and oxygen atoms in total. The predicted octanol–water partition coefficient (Wildman–Crippen LogP) is 4.53. The summed E-state index contributed by atoms with van der Waals surface area (Å²) < 4.78 is 16.1. The van der Waals surface area contributed by atoms with Gasteiger partial charge in [0, 0.05) is 35.9 Å². The smallest absolute Gasteiger partial charge is 0.256 e. The molecule has 5 rings (SSSR count). The molecule has 0 atom stereocenters. The quantitative estimate of drug-likeness (QED) is 0.418. The minimum atomic E-state index is -0.374. The van der Waals surface area contributed by atoms with E-state index in [9.17, 15) is 9.18 Å². The van der Waals surface area contributed by atoms with Crippen LogP contribution in [0.1, 0.15) is 71.3 Å². The van der Waals surface area contributed by atoms with E-state index in [1.807, 2.05) is 32.9 Å². The number of aryl methyl sites for hydroxylation is 3. The van der Waals surface area contributed by atoms with Gasteiger partial charge in [-0.1, -0.05) is 0 Å². The Morgan fingerprint density at radius 3 is 2.44 bits per heavy atom. The van der Waals surface area contributed by atoms with Gasteiger partial charge < -0.3 is 0 Å². The van der Waals surface area contributed by atoms with Crippen molar-refractivity contribution < 1.29 is 4.39 Å². The average Bonchev–Trinajstić information content (AvgIpc) is 2.82. The van der Waals surface area contributed by atoms with Crippen LogP contribution in [0.25, 0.3) is 11.2 Å². The highest BCUT2D eigenvalue weighted by molar-refractivity contribution is 5.71. The van der Waals surface area contributed by atoms with Crippen LogP contribution in [0.5, 0.6) is 0 Å². The van der Waals surface area contributed by atoms with Gasteiger partial charge in [-0.2, -0.15) is 4.39 Å². The molecule has 34 heavy (non-hydrogen) atoms. The van der Waals surface area contributed by atoms with E-state index in [0.29, 0.717) is 11.2 Å². The molecule has 0 N–H and O–H groups in total. The monoisotopic (exact) mass is 458 g/mol. The fraction of sp³-hybridized carbons (Fsp3) is 0.385. The number of fused-ring (bicyclic) bond motifs is 1. The van der Waals surface area contributed by atoms with Gasteiger partial charge in [0.2, 0.25) is 5.95 Å². The molecule has 4 aromatic rings. The highest BCUT2D eigenvalue weighted by Gasteiger charge is 2.29. The van der Waals surface area contributed by atoms with Gasteiger partial charge in [-0.15, -0.1) is 0 Å². The lowest BCUT2D eigenvalue weighted by molar-refractivity contribution is 0.380. The molecule has 4 heterocycles. The number of pyridine rings is 2. The fourth-order valence-corrected chi connectivity index (χ4v) is 5.14. The Labute approximate surface area is 197 Å². The van der Waals surface area contributed by atoms with E-state index in [1.165, 1.54) is 6.20 Å². The van der Waals surface area contributed by atoms with Crippen LogP contribution >= 0.6 is 0 Å². The number of hydrogen-bond donors (Lipinski definition) is 0. The Kier molecular flexibility index (Phi) is 5.89. The molecule has 8 heteroatoms. The average molecular weight is 459 g/mol. The normalized spacial score (nSPS) is 18.4. The van der Waals surface area contributed by atoms with Crippen molar-refractivity contribution in [1.29, 1.82) is 0 Å². The molecule has 0 amide bonds. The van der Waals surface area contributed by atoms with E-state index in [4.69, 9.17) is 0 Å². The van der Waals surface area contributed by atoms with Crippen molar-refractivity contribution in [3.63, 3.8) is 0 Å². The van der Waals surface area contributed by atoms with Gasteiger partial charge >= 0.3 is 0 Å². The topological polar surface area (TPSA) is 86.5 Å². The summed E-state index contributed by atoms with van der Waals surface area (Å²) in [6.07, 6.45) is 9.76. The fourth-order valence-electron chi connectivity index (χ4n) is 5.14. The Morgan fingerprint density at radius 2 is 1.71 bits per heavy atom.